The van der Waals surface area contributed by atoms with E-state index in [0.717, 1.165) is 44.9 Å². The smallest absolute Gasteiger partial charge is 0.305 e. The number of hydrogen-bond acceptors (Lipinski definition) is 5. The van der Waals surface area contributed by atoms with E-state index in [9.17, 15) is 19.8 Å². The van der Waals surface area contributed by atoms with Gasteiger partial charge in [0, 0.05) is 12.8 Å². The molecule has 0 spiro atoms. The maximum absolute atomic E-state index is 12.5. The molecule has 0 aliphatic carbocycles. The lowest BCUT2D eigenvalue weighted by Crippen LogP contribution is -2.45. The summed E-state index contributed by atoms with van der Waals surface area (Å²) in [5.41, 5.74) is 0. The van der Waals surface area contributed by atoms with Crippen LogP contribution in [0.5, 0.6) is 0 Å². The molecule has 0 rings (SSSR count). The van der Waals surface area contributed by atoms with E-state index in [4.69, 9.17) is 4.74 Å². The molecule has 0 radical (unpaired) electrons. The fourth-order valence-electron chi connectivity index (χ4n) is 12.1. The number of ether oxygens (including phenoxy) is 1. The van der Waals surface area contributed by atoms with E-state index in [0.29, 0.717) is 25.9 Å². The predicted molar refractivity (Wildman–Crippen MR) is 357 cm³/mol. The number of unbranched alkanes of at least 4 members (excludes halogenated alkanes) is 58. The van der Waals surface area contributed by atoms with Gasteiger partial charge in [-0.1, -0.05) is 379 Å². The maximum Gasteiger partial charge on any atom is 0.305 e. The van der Waals surface area contributed by atoms with Gasteiger partial charge in [-0.05, 0) is 51.4 Å². The van der Waals surface area contributed by atoms with E-state index < -0.39 is 12.1 Å². The minimum atomic E-state index is -0.659. The number of aliphatic hydroxyl groups is 2. The lowest BCUT2D eigenvalue weighted by molar-refractivity contribution is -0.143. The van der Waals surface area contributed by atoms with Crippen LogP contribution in [0.15, 0.2) is 12.2 Å². The molecule has 0 aliphatic heterocycles. The molecule has 0 bridgehead atoms. The van der Waals surface area contributed by atoms with Crippen molar-refractivity contribution in [1.82, 2.24) is 5.32 Å². The molecule has 81 heavy (non-hydrogen) atoms. The molecule has 6 nitrogen and oxygen atoms in total. The fraction of sp³-hybridized carbons (Fsp3) is 0.947. The van der Waals surface area contributed by atoms with Crippen LogP contribution in [0.3, 0.4) is 0 Å². The van der Waals surface area contributed by atoms with E-state index in [1.807, 2.05) is 0 Å². The van der Waals surface area contributed by atoms with Gasteiger partial charge in [-0.3, -0.25) is 9.59 Å². The molecular formula is C75H147NO5. The highest BCUT2D eigenvalue weighted by molar-refractivity contribution is 5.76. The first-order chi connectivity index (χ1) is 40.0. The zero-order chi connectivity index (χ0) is 58.5. The number of esters is 1. The van der Waals surface area contributed by atoms with Crippen LogP contribution in [-0.2, 0) is 14.3 Å². The van der Waals surface area contributed by atoms with E-state index in [-0.39, 0.29) is 18.5 Å². The van der Waals surface area contributed by atoms with Crippen molar-refractivity contribution in [3.8, 4) is 0 Å². The summed E-state index contributed by atoms with van der Waals surface area (Å²) in [5, 5.41) is 23.3. The van der Waals surface area contributed by atoms with Crippen molar-refractivity contribution in [2.24, 2.45) is 0 Å². The quantitative estimate of drug-likeness (QED) is 0.0320. The lowest BCUT2D eigenvalue weighted by Gasteiger charge is -2.22. The maximum atomic E-state index is 12.5. The number of nitrogens with one attached hydrogen (secondary N) is 1. The molecule has 6 heteroatoms. The molecule has 0 aromatic heterocycles. The van der Waals surface area contributed by atoms with Gasteiger partial charge in [-0.2, -0.15) is 0 Å². The standard InChI is InChI=1S/C75H147NO5/c1-3-5-7-9-11-13-15-17-40-43-47-51-55-59-63-67-73(78)72(71-77)76-74(79)68-64-60-56-52-48-44-41-38-36-34-32-30-28-26-24-22-20-19-21-23-25-27-29-31-33-35-37-39-42-46-50-54-58-62-66-70-81-75(80)69-65-61-57-53-49-45-18-16-14-12-10-8-6-4-2/h16,18,72-73,77-78H,3-15,17,19-71H2,1-2H3,(H,76,79)/b18-16-. The average Bonchev–Trinajstić information content (AvgIpc) is 3.47. The normalized spacial score (nSPS) is 12.5. The SMILES string of the molecule is CCCCCCC/C=C\CCCCCCCC(=O)OCCCCCCCCCCCCCCCCCCCCCCCCCCCCCCCCCCCCCC(=O)NC(CO)C(O)CCCCCCCCCCCCCCCCC. The molecule has 0 saturated heterocycles. The Bertz CT molecular complexity index is 1220. The lowest BCUT2D eigenvalue weighted by atomic mass is 10.0. The molecule has 2 unspecified atom stereocenters. The van der Waals surface area contributed by atoms with Crippen molar-refractivity contribution in [3.63, 3.8) is 0 Å². The molecule has 0 aliphatic rings. The molecule has 0 aromatic carbocycles. The van der Waals surface area contributed by atoms with Crippen molar-refractivity contribution in [2.75, 3.05) is 13.2 Å². The van der Waals surface area contributed by atoms with Crippen LogP contribution in [0.1, 0.15) is 431 Å². The van der Waals surface area contributed by atoms with Gasteiger partial charge in [0.1, 0.15) is 0 Å². The molecule has 3 N–H and O–H groups in total. The highest BCUT2D eigenvalue weighted by atomic mass is 16.5. The highest BCUT2D eigenvalue weighted by Crippen LogP contribution is 2.20. The number of carbonyl (C=O) groups is 2. The molecule has 0 fully saturated rings. The summed E-state index contributed by atoms with van der Waals surface area (Å²) in [5.74, 6) is -0.0111. The van der Waals surface area contributed by atoms with Crippen molar-refractivity contribution < 1.29 is 24.5 Å². The van der Waals surface area contributed by atoms with Gasteiger partial charge in [-0.15, -0.1) is 0 Å². The summed E-state index contributed by atoms with van der Waals surface area (Å²) in [6.45, 7) is 4.98. The number of carbonyl (C=O) groups excluding carboxylic acids is 2. The molecule has 1 amide bonds. The number of allylic oxidation sites excluding steroid dienone is 2. The van der Waals surface area contributed by atoms with E-state index in [1.165, 1.54) is 353 Å². The molecule has 2 atom stereocenters. The summed E-state index contributed by atoms with van der Waals surface area (Å²) in [6, 6.07) is -0.536. The van der Waals surface area contributed by atoms with Gasteiger partial charge in [0.25, 0.3) is 0 Å². The second-order valence-electron chi connectivity index (χ2n) is 26.0. The van der Waals surface area contributed by atoms with Gasteiger partial charge < -0.3 is 20.3 Å². The number of hydrogen-bond donors (Lipinski definition) is 3. The number of rotatable bonds is 71. The first-order valence-electron chi connectivity index (χ1n) is 37.4. The summed E-state index contributed by atoms with van der Waals surface area (Å²) in [6.07, 6.45) is 88.6. The third-order valence-corrected chi connectivity index (χ3v) is 17.8. The Labute approximate surface area is 508 Å². The Morgan fingerprint density at radius 2 is 0.580 bits per heavy atom. The van der Waals surface area contributed by atoms with Crippen LogP contribution in [0.2, 0.25) is 0 Å². The molecule has 482 valence electrons. The van der Waals surface area contributed by atoms with Crippen LogP contribution >= 0.6 is 0 Å². The minimum Gasteiger partial charge on any atom is -0.466 e. The summed E-state index contributed by atoms with van der Waals surface area (Å²) >= 11 is 0. The van der Waals surface area contributed by atoms with Crippen molar-refractivity contribution in [1.29, 1.82) is 0 Å². The second-order valence-corrected chi connectivity index (χ2v) is 26.0. The first kappa shape index (κ1) is 79.6. The Hall–Kier alpha value is -1.40. The van der Waals surface area contributed by atoms with Crippen LogP contribution in [0, 0.1) is 0 Å². The topological polar surface area (TPSA) is 95.9 Å². The zero-order valence-corrected chi connectivity index (χ0v) is 55.3. The van der Waals surface area contributed by atoms with E-state index in [2.05, 4.69) is 31.3 Å². The second kappa shape index (κ2) is 71.1. The largest absolute Gasteiger partial charge is 0.466 e. The minimum absolute atomic E-state index is 0.0149. The van der Waals surface area contributed by atoms with Gasteiger partial charge in [0.2, 0.25) is 5.91 Å². The van der Waals surface area contributed by atoms with Gasteiger partial charge in [-0.25, -0.2) is 0 Å². The van der Waals surface area contributed by atoms with E-state index in [1.54, 1.807) is 0 Å². The van der Waals surface area contributed by atoms with E-state index >= 15 is 0 Å². The molecule has 0 saturated carbocycles. The predicted octanol–water partition coefficient (Wildman–Crippen LogP) is 24.3. The summed E-state index contributed by atoms with van der Waals surface area (Å²) in [4.78, 5) is 24.6. The Morgan fingerprint density at radius 3 is 0.877 bits per heavy atom. The highest BCUT2D eigenvalue weighted by Gasteiger charge is 2.20. The number of amides is 1. The number of aliphatic hydroxyl groups excluding tert-OH is 2. The third-order valence-electron chi connectivity index (χ3n) is 17.8. The van der Waals surface area contributed by atoms with Gasteiger partial charge in [0.05, 0.1) is 25.4 Å². The summed E-state index contributed by atoms with van der Waals surface area (Å²) < 4.78 is 5.49. The van der Waals surface area contributed by atoms with Crippen LogP contribution in [-0.4, -0.2) is 47.4 Å². The Morgan fingerprint density at radius 1 is 0.333 bits per heavy atom. The van der Waals surface area contributed by atoms with Crippen LogP contribution in [0.25, 0.3) is 0 Å². The third kappa shape index (κ3) is 67.6. The van der Waals surface area contributed by atoms with Crippen molar-refractivity contribution >= 4 is 11.9 Å². The van der Waals surface area contributed by atoms with Crippen molar-refractivity contribution in [3.05, 3.63) is 12.2 Å². The van der Waals surface area contributed by atoms with Crippen LogP contribution < -0.4 is 5.32 Å². The Kier molecular flexibility index (Phi) is 69.9. The van der Waals surface area contributed by atoms with Crippen LogP contribution in [0.4, 0.5) is 0 Å². The van der Waals surface area contributed by atoms with Gasteiger partial charge >= 0.3 is 5.97 Å². The first-order valence-corrected chi connectivity index (χ1v) is 37.4. The fourth-order valence-corrected chi connectivity index (χ4v) is 12.1. The Balaban J connectivity index is 3.29. The molecule has 0 aromatic rings. The zero-order valence-electron chi connectivity index (χ0n) is 55.3. The summed E-state index contributed by atoms with van der Waals surface area (Å²) in [7, 11) is 0. The monoisotopic (exact) mass is 1140 g/mol. The molecule has 0 heterocycles. The van der Waals surface area contributed by atoms with Crippen molar-refractivity contribution in [2.45, 2.75) is 443 Å². The molecular weight excluding hydrogens is 995 g/mol. The van der Waals surface area contributed by atoms with Gasteiger partial charge in [0.15, 0.2) is 0 Å². The average molecular weight is 1140 g/mol.